The summed E-state index contributed by atoms with van der Waals surface area (Å²) in [5, 5.41) is 0. The van der Waals surface area contributed by atoms with Crippen molar-refractivity contribution in [2.24, 2.45) is 0 Å². The van der Waals surface area contributed by atoms with E-state index in [9.17, 15) is 0 Å². The summed E-state index contributed by atoms with van der Waals surface area (Å²) in [4.78, 5) is 0. The molecule has 1 nitrogen and oxygen atoms in total. The molecule has 0 saturated carbocycles. The number of hydrogen-bond acceptors (Lipinski definition) is 1. The Balaban J connectivity index is 2.86. The van der Waals surface area contributed by atoms with Gasteiger partial charge in [-0.25, -0.2) is 0 Å². The second-order valence-corrected chi connectivity index (χ2v) is 4.46. The van der Waals surface area contributed by atoms with E-state index >= 15 is 0 Å². The highest BCUT2D eigenvalue weighted by molar-refractivity contribution is 5.16. The first kappa shape index (κ1) is 8.79. The predicted molar refractivity (Wildman–Crippen MR) is 47.6 cm³/mol. The molecule has 0 unspecified atom stereocenters. The van der Waals surface area contributed by atoms with Crippen molar-refractivity contribution in [2.75, 3.05) is 0 Å². The molecule has 1 aliphatic heterocycles. The van der Waals surface area contributed by atoms with Crippen molar-refractivity contribution in [3.05, 3.63) is 11.6 Å². The van der Waals surface area contributed by atoms with Crippen LogP contribution in [0.2, 0.25) is 0 Å². The van der Waals surface area contributed by atoms with Crippen LogP contribution in [0, 0.1) is 0 Å². The lowest BCUT2D eigenvalue weighted by atomic mass is 9.89. The Bertz CT molecular complexity index is 187. The van der Waals surface area contributed by atoms with Gasteiger partial charge in [0.05, 0.1) is 11.2 Å². The second-order valence-electron chi connectivity index (χ2n) is 4.46. The zero-order valence-electron chi connectivity index (χ0n) is 8.19. The summed E-state index contributed by atoms with van der Waals surface area (Å²) in [5.74, 6) is 0. The Morgan fingerprint density at radius 2 is 1.82 bits per heavy atom. The SMILES string of the molecule is CC1=CCC(C)(C)OC1(C)C. The molecule has 1 rings (SSSR count). The average Bonchev–Trinajstić information content (AvgIpc) is 1.77. The van der Waals surface area contributed by atoms with E-state index in [0.717, 1.165) is 6.42 Å². The molecule has 0 radical (unpaired) electrons. The van der Waals surface area contributed by atoms with Gasteiger partial charge >= 0.3 is 0 Å². The van der Waals surface area contributed by atoms with Crippen molar-refractivity contribution in [3.63, 3.8) is 0 Å². The summed E-state index contributed by atoms with van der Waals surface area (Å²) in [6, 6.07) is 0. The smallest absolute Gasteiger partial charge is 0.0840 e. The predicted octanol–water partition coefficient (Wildman–Crippen LogP) is 2.91. The average molecular weight is 154 g/mol. The molecule has 0 spiro atoms. The van der Waals surface area contributed by atoms with Crippen LogP contribution >= 0.6 is 0 Å². The van der Waals surface area contributed by atoms with E-state index in [1.807, 2.05) is 0 Å². The number of ether oxygens (including phenoxy) is 1. The summed E-state index contributed by atoms with van der Waals surface area (Å²) in [7, 11) is 0. The molecule has 11 heavy (non-hydrogen) atoms. The fourth-order valence-electron chi connectivity index (χ4n) is 1.46. The van der Waals surface area contributed by atoms with Gasteiger partial charge in [0.15, 0.2) is 0 Å². The molecule has 0 amide bonds. The molecule has 0 atom stereocenters. The molecule has 0 fully saturated rings. The van der Waals surface area contributed by atoms with Crippen molar-refractivity contribution in [3.8, 4) is 0 Å². The van der Waals surface area contributed by atoms with Gasteiger partial charge in [0.2, 0.25) is 0 Å². The lowest BCUT2D eigenvalue weighted by Crippen LogP contribution is -2.40. The fraction of sp³-hybridized carbons (Fsp3) is 0.800. The molecule has 0 saturated heterocycles. The van der Waals surface area contributed by atoms with Crippen molar-refractivity contribution >= 4 is 0 Å². The topological polar surface area (TPSA) is 9.23 Å². The molecule has 1 heterocycles. The summed E-state index contributed by atoms with van der Waals surface area (Å²) in [6.07, 6.45) is 3.31. The van der Waals surface area contributed by atoms with E-state index in [-0.39, 0.29) is 11.2 Å². The maximum Gasteiger partial charge on any atom is 0.0840 e. The van der Waals surface area contributed by atoms with Crippen LogP contribution in [-0.2, 0) is 4.74 Å². The van der Waals surface area contributed by atoms with Gasteiger partial charge in [-0.05, 0) is 46.6 Å². The Labute approximate surface area is 69.4 Å². The molecule has 0 aromatic rings. The normalized spacial score (nSPS) is 27.9. The summed E-state index contributed by atoms with van der Waals surface area (Å²) in [6.45, 7) is 10.7. The molecule has 0 aromatic heterocycles. The van der Waals surface area contributed by atoms with Crippen molar-refractivity contribution < 1.29 is 4.74 Å². The quantitative estimate of drug-likeness (QED) is 0.487. The van der Waals surface area contributed by atoms with Gasteiger partial charge in [0.25, 0.3) is 0 Å². The highest BCUT2D eigenvalue weighted by Crippen LogP contribution is 2.34. The first-order valence-electron chi connectivity index (χ1n) is 4.21. The maximum atomic E-state index is 5.91. The van der Waals surface area contributed by atoms with Crippen LogP contribution in [-0.4, -0.2) is 11.2 Å². The Morgan fingerprint density at radius 3 is 2.18 bits per heavy atom. The molecule has 0 N–H and O–H groups in total. The van der Waals surface area contributed by atoms with E-state index < -0.39 is 0 Å². The maximum absolute atomic E-state index is 5.91. The lowest BCUT2D eigenvalue weighted by Gasteiger charge is -2.40. The minimum absolute atomic E-state index is 0.0169. The zero-order valence-corrected chi connectivity index (χ0v) is 8.19. The third kappa shape index (κ3) is 1.84. The van der Waals surface area contributed by atoms with Gasteiger partial charge in [-0.2, -0.15) is 0 Å². The second kappa shape index (κ2) is 2.34. The van der Waals surface area contributed by atoms with E-state index in [1.54, 1.807) is 0 Å². The third-order valence-corrected chi connectivity index (χ3v) is 2.38. The molecule has 64 valence electrons. The van der Waals surface area contributed by atoms with E-state index in [1.165, 1.54) is 5.57 Å². The van der Waals surface area contributed by atoms with E-state index in [4.69, 9.17) is 4.74 Å². The van der Waals surface area contributed by atoms with Gasteiger partial charge in [-0.3, -0.25) is 0 Å². The molecule has 1 heteroatoms. The largest absolute Gasteiger partial charge is 0.365 e. The lowest BCUT2D eigenvalue weighted by molar-refractivity contribution is -0.110. The summed E-state index contributed by atoms with van der Waals surface area (Å²) in [5.41, 5.74) is 1.29. The van der Waals surface area contributed by atoms with Crippen molar-refractivity contribution in [1.82, 2.24) is 0 Å². The van der Waals surface area contributed by atoms with Crippen LogP contribution in [0.3, 0.4) is 0 Å². The van der Waals surface area contributed by atoms with Crippen LogP contribution < -0.4 is 0 Å². The van der Waals surface area contributed by atoms with Crippen LogP contribution in [0.5, 0.6) is 0 Å². The zero-order chi connectivity index (χ0) is 8.70. The van der Waals surface area contributed by atoms with Gasteiger partial charge in [-0.15, -0.1) is 0 Å². The Hall–Kier alpha value is -0.300. The molecule has 0 bridgehead atoms. The first-order valence-corrected chi connectivity index (χ1v) is 4.21. The molecule has 1 aliphatic rings. The Morgan fingerprint density at radius 1 is 1.27 bits per heavy atom. The van der Waals surface area contributed by atoms with Gasteiger partial charge in [0.1, 0.15) is 0 Å². The first-order chi connectivity index (χ1) is 4.83. The summed E-state index contributed by atoms with van der Waals surface area (Å²) < 4.78 is 5.91. The van der Waals surface area contributed by atoms with Gasteiger partial charge in [0, 0.05) is 0 Å². The fourth-order valence-corrected chi connectivity index (χ4v) is 1.46. The highest BCUT2D eigenvalue weighted by Gasteiger charge is 2.33. The number of rotatable bonds is 0. The van der Waals surface area contributed by atoms with Crippen molar-refractivity contribution in [2.45, 2.75) is 52.2 Å². The molecular weight excluding hydrogens is 136 g/mol. The third-order valence-electron chi connectivity index (χ3n) is 2.38. The van der Waals surface area contributed by atoms with Crippen LogP contribution in [0.25, 0.3) is 0 Å². The highest BCUT2D eigenvalue weighted by atomic mass is 16.5. The molecule has 0 aromatic carbocycles. The Kier molecular flexibility index (Phi) is 1.87. The van der Waals surface area contributed by atoms with Crippen LogP contribution in [0.15, 0.2) is 11.6 Å². The molecular formula is C10H18O. The van der Waals surface area contributed by atoms with E-state index in [0.29, 0.717) is 0 Å². The van der Waals surface area contributed by atoms with Gasteiger partial charge in [-0.1, -0.05) is 6.08 Å². The standard InChI is InChI=1S/C10H18O/c1-8-6-7-9(2,3)11-10(8,4)5/h6H,7H2,1-5H3. The minimum Gasteiger partial charge on any atom is -0.365 e. The van der Waals surface area contributed by atoms with E-state index in [2.05, 4.69) is 40.7 Å². The van der Waals surface area contributed by atoms with Crippen LogP contribution in [0.1, 0.15) is 41.0 Å². The van der Waals surface area contributed by atoms with Gasteiger partial charge < -0.3 is 4.74 Å². The molecule has 0 aliphatic carbocycles. The van der Waals surface area contributed by atoms with Crippen LogP contribution in [0.4, 0.5) is 0 Å². The summed E-state index contributed by atoms with van der Waals surface area (Å²) >= 11 is 0. The van der Waals surface area contributed by atoms with Crippen molar-refractivity contribution in [1.29, 1.82) is 0 Å². The minimum atomic E-state index is -0.0677. The number of hydrogen-bond donors (Lipinski definition) is 0. The monoisotopic (exact) mass is 154 g/mol.